The van der Waals surface area contributed by atoms with Crippen molar-refractivity contribution < 1.29 is 13.9 Å². The van der Waals surface area contributed by atoms with E-state index in [9.17, 15) is 15.6 Å². The fourth-order valence-corrected chi connectivity index (χ4v) is 11.7. The highest BCUT2D eigenvalue weighted by Gasteiger charge is 2.58. The summed E-state index contributed by atoms with van der Waals surface area (Å²) >= 11 is 0. The Kier molecular flexibility index (Phi) is 11.8. The van der Waals surface area contributed by atoms with Crippen LogP contribution in [0.15, 0.2) is 0 Å². The van der Waals surface area contributed by atoms with Gasteiger partial charge in [0.15, 0.2) is 0 Å². The highest BCUT2D eigenvalue weighted by molar-refractivity contribution is 5.16. The Morgan fingerprint density at radius 2 is 0.588 bits per heavy atom. The number of aromatic nitrogens is 3. The molecule has 4 rings (SSSR count). The van der Waals surface area contributed by atoms with Crippen LogP contribution in [0.5, 0.6) is 0 Å². The maximum atomic E-state index is 14.8. The Morgan fingerprint density at radius 3 is 0.745 bits per heavy atom. The zero-order valence-electron chi connectivity index (χ0n) is 35.7. The molecule has 3 fully saturated rings. The van der Waals surface area contributed by atoms with Gasteiger partial charge in [-0.05, 0) is 102 Å². The van der Waals surface area contributed by atoms with Gasteiger partial charge in [-0.15, -0.1) is 0 Å². The van der Waals surface area contributed by atoms with Crippen molar-refractivity contribution in [2.45, 2.75) is 232 Å². The quantitative estimate of drug-likeness (QED) is 0.157. The number of likely N-dealkylation sites (tertiary alicyclic amines) is 3. The van der Waals surface area contributed by atoms with Gasteiger partial charge in [0.1, 0.15) is 17.5 Å². The molecule has 1 aromatic heterocycles. The van der Waals surface area contributed by atoms with Crippen molar-refractivity contribution in [1.82, 2.24) is 15.0 Å². The van der Waals surface area contributed by atoms with Crippen molar-refractivity contribution in [2.75, 3.05) is 19.6 Å². The largest absolute Gasteiger partial charge is 0.632 e. The molecule has 3 saturated heterocycles. The number of nitrogens with zero attached hydrogens (tertiary/aromatic N) is 6. The van der Waals surface area contributed by atoms with Crippen LogP contribution in [0.25, 0.3) is 0 Å². The van der Waals surface area contributed by atoms with E-state index in [0.717, 1.165) is 56.0 Å². The highest BCUT2D eigenvalue weighted by Crippen LogP contribution is 2.54. The minimum Gasteiger partial charge on any atom is -0.632 e. The number of rotatable bonds is 12. The second-order valence-electron chi connectivity index (χ2n) is 21.1. The lowest BCUT2D eigenvalue weighted by Crippen LogP contribution is -2.71. The maximum Gasteiger partial charge on any atom is 0.136 e. The Hall–Kier alpha value is -1.23. The van der Waals surface area contributed by atoms with Crippen molar-refractivity contribution in [3.63, 3.8) is 0 Å². The number of piperidine rings is 3. The molecule has 4 heterocycles. The number of hydroxylamine groups is 9. The Labute approximate surface area is 312 Å². The van der Waals surface area contributed by atoms with E-state index < -0.39 is 33.2 Å². The Bertz CT molecular complexity index is 1140. The second-order valence-corrected chi connectivity index (χ2v) is 21.1. The summed E-state index contributed by atoms with van der Waals surface area (Å²) in [6.45, 7) is 34.1. The Balaban J connectivity index is 1.85. The summed E-state index contributed by atoms with van der Waals surface area (Å²) < 4.78 is -0.602. The van der Waals surface area contributed by atoms with E-state index in [4.69, 9.17) is 15.0 Å². The molecule has 0 amide bonds. The third kappa shape index (κ3) is 7.19. The molecule has 9 heteroatoms. The summed E-state index contributed by atoms with van der Waals surface area (Å²) in [5, 5.41) is 44.3. The van der Waals surface area contributed by atoms with Crippen LogP contribution in [-0.2, 0) is 0 Å². The smallest absolute Gasteiger partial charge is 0.136 e. The van der Waals surface area contributed by atoms with Gasteiger partial charge in [0, 0.05) is 56.3 Å². The second kappa shape index (κ2) is 14.1. The molecule has 0 atom stereocenters. The molecular weight excluding hydrogens is 637 g/mol. The molecule has 0 aromatic carbocycles. The predicted octanol–water partition coefficient (Wildman–Crippen LogP) is 10.5. The van der Waals surface area contributed by atoms with E-state index in [2.05, 4.69) is 104 Å². The van der Waals surface area contributed by atoms with Gasteiger partial charge in [-0.25, -0.2) is 15.0 Å². The summed E-state index contributed by atoms with van der Waals surface area (Å²) in [7, 11) is 0. The van der Waals surface area contributed by atoms with Gasteiger partial charge in [-0.1, -0.05) is 40.0 Å². The van der Waals surface area contributed by atoms with Gasteiger partial charge in [-0.3, -0.25) is 0 Å². The average molecular weight is 715 g/mol. The van der Waals surface area contributed by atoms with Gasteiger partial charge >= 0.3 is 0 Å². The first-order chi connectivity index (χ1) is 23.2. The molecule has 0 N–H and O–H groups in total. The van der Waals surface area contributed by atoms with Crippen LogP contribution in [-0.4, -0.2) is 81.8 Å². The first-order valence-corrected chi connectivity index (χ1v) is 20.7. The van der Waals surface area contributed by atoms with Crippen molar-refractivity contribution in [1.29, 1.82) is 0 Å². The normalized spacial score (nSPS) is 36.5. The number of unbranched alkanes of at least 4 members (excludes halogenated alkanes) is 3. The third-order valence-corrected chi connectivity index (χ3v) is 14.6. The summed E-state index contributed by atoms with van der Waals surface area (Å²) in [5.41, 5.74) is -3.02. The SMILES string of the molecule is CCCC[N+]1([O-])C(C)(C)CC(c2nc(C3CC(C)(C)[N+]([O-])(CCCC)C(C)(C)C3)nc(C3CC(C)(C)[N+]([O-])(CCCC)C(C)(C)C3)n2)CC1(C)C. The molecule has 0 aliphatic carbocycles. The highest BCUT2D eigenvalue weighted by atomic mass is 16.6. The first-order valence-electron chi connectivity index (χ1n) is 20.7. The predicted molar refractivity (Wildman–Crippen MR) is 210 cm³/mol. The lowest BCUT2D eigenvalue weighted by Gasteiger charge is -2.67. The van der Waals surface area contributed by atoms with E-state index in [1.54, 1.807) is 0 Å². The molecule has 294 valence electrons. The van der Waals surface area contributed by atoms with Gasteiger partial charge in [0.05, 0.1) is 52.9 Å². The van der Waals surface area contributed by atoms with Crippen LogP contribution in [0.3, 0.4) is 0 Å². The van der Waals surface area contributed by atoms with E-state index in [0.29, 0.717) is 58.2 Å². The van der Waals surface area contributed by atoms with Gasteiger partial charge in [-0.2, -0.15) is 0 Å². The monoisotopic (exact) mass is 715 g/mol. The summed E-state index contributed by atoms with van der Waals surface area (Å²) in [4.78, 5) is 16.2. The van der Waals surface area contributed by atoms with E-state index in [1.807, 2.05) is 0 Å². The van der Waals surface area contributed by atoms with Gasteiger partial charge < -0.3 is 29.6 Å². The third-order valence-electron chi connectivity index (χ3n) is 14.6. The molecular formula is C42H78N6O3. The zero-order chi connectivity index (χ0) is 38.7. The Morgan fingerprint density at radius 1 is 0.412 bits per heavy atom. The topological polar surface area (TPSA) is 108 Å². The lowest BCUT2D eigenvalue weighted by molar-refractivity contribution is -0.978. The van der Waals surface area contributed by atoms with Crippen molar-refractivity contribution in [3.05, 3.63) is 33.1 Å². The number of hydrogen-bond acceptors (Lipinski definition) is 6. The minimum absolute atomic E-state index is 0.0180. The minimum atomic E-state index is -0.504. The van der Waals surface area contributed by atoms with E-state index >= 15 is 0 Å². The van der Waals surface area contributed by atoms with E-state index in [-0.39, 0.29) is 31.7 Å². The van der Waals surface area contributed by atoms with Crippen LogP contribution in [0, 0.1) is 15.6 Å². The van der Waals surface area contributed by atoms with Crippen molar-refractivity contribution in [3.8, 4) is 0 Å². The van der Waals surface area contributed by atoms with Crippen molar-refractivity contribution >= 4 is 0 Å². The number of quaternary nitrogens is 3. The summed E-state index contributed by atoms with van der Waals surface area (Å²) in [5.74, 6) is 2.48. The molecule has 0 unspecified atom stereocenters. The lowest BCUT2D eigenvalue weighted by atomic mass is 9.71. The molecule has 0 saturated carbocycles. The fourth-order valence-electron chi connectivity index (χ4n) is 11.7. The van der Waals surface area contributed by atoms with Crippen molar-refractivity contribution in [2.24, 2.45) is 0 Å². The maximum absolute atomic E-state index is 14.8. The fraction of sp³-hybridized carbons (Fsp3) is 0.929. The van der Waals surface area contributed by atoms with Crippen LogP contribution in [0.1, 0.15) is 216 Å². The molecule has 0 bridgehead atoms. The summed E-state index contributed by atoms with van der Waals surface area (Å²) in [6, 6.07) is 0. The molecule has 3 aliphatic rings. The molecule has 0 radical (unpaired) electrons. The van der Waals surface area contributed by atoms with Crippen LogP contribution in [0.4, 0.5) is 0 Å². The van der Waals surface area contributed by atoms with Crippen LogP contribution >= 0.6 is 0 Å². The van der Waals surface area contributed by atoms with Crippen LogP contribution in [0.2, 0.25) is 0 Å². The molecule has 9 nitrogen and oxygen atoms in total. The first kappa shape index (κ1) is 42.5. The van der Waals surface area contributed by atoms with Gasteiger partial charge in [0.2, 0.25) is 0 Å². The average Bonchev–Trinajstić information content (AvgIpc) is 3.00. The van der Waals surface area contributed by atoms with Gasteiger partial charge in [0.25, 0.3) is 0 Å². The standard InChI is InChI=1S/C42H78N6O3/c1-16-19-22-46(49)37(4,5)25-31(26-38(46,6)7)34-43-35(32-27-39(8,9)47(50,23-20-17-2)40(10,11)28-32)45-36(44-34)33-29-41(12,13)48(51,24-21-18-3)42(14,15)30-33/h31-33H,16-30H2,1-15H3. The number of hydrogen-bond donors (Lipinski definition) is 0. The molecule has 0 spiro atoms. The molecule has 51 heavy (non-hydrogen) atoms. The van der Waals surface area contributed by atoms with Crippen LogP contribution < -0.4 is 0 Å². The van der Waals surface area contributed by atoms with E-state index in [1.165, 1.54) is 0 Å². The zero-order valence-corrected chi connectivity index (χ0v) is 35.7. The summed E-state index contributed by atoms with van der Waals surface area (Å²) in [6.07, 6.45) is 10.0. The molecule has 1 aromatic rings. The molecule has 3 aliphatic heterocycles.